The van der Waals surface area contributed by atoms with E-state index < -0.39 is 0 Å². The van der Waals surface area contributed by atoms with Crippen molar-refractivity contribution in [1.82, 2.24) is 29.9 Å². The second kappa shape index (κ2) is 13.3. The fraction of sp³-hybridized carbons (Fsp3) is 0.536. The molecule has 2 N–H and O–H groups in total. The Hall–Kier alpha value is -3.15. The van der Waals surface area contributed by atoms with Gasteiger partial charge in [0.15, 0.2) is 0 Å². The molecular weight excluding hydrogens is 512 g/mol. The summed E-state index contributed by atoms with van der Waals surface area (Å²) >= 11 is 1.59. The maximum atomic E-state index is 12.7. The number of nitrogens with zero attached hydrogens (tertiary/aromatic N) is 6. The Morgan fingerprint density at radius 3 is 2.51 bits per heavy atom. The van der Waals surface area contributed by atoms with Gasteiger partial charge in [0, 0.05) is 75.9 Å². The van der Waals surface area contributed by atoms with Crippen molar-refractivity contribution in [1.29, 1.82) is 0 Å². The van der Waals surface area contributed by atoms with Crippen LogP contribution in [0.2, 0.25) is 0 Å². The molecule has 0 radical (unpaired) electrons. The molecule has 0 bridgehead atoms. The van der Waals surface area contributed by atoms with Gasteiger partial charge in [-0.2, -0.15) is 0 Å². The lowest BCUT2D eigenvalue weighted by molar-refractivity contribution is -0.125. The van der Waals surface area contributed by atoms with E-state index in [4.69, 9.17) is 4.74 Å². The Balaban J connectivity index is 1.08. The van der Waals surface area contributed by atoms with Crippen LogP contribution in [0.15, 0.2) is 42.6 Å². The van der Waals surface area contributed by atoms with E-state index in [2.05, 4.69) is 53.2 Å². The minimum atomic E-state index is 0.0749. The predicted molar refractivity (Wildman–Crippen MR) is 156 cm³/mol. The van der Waals surface area contributed by atoms with Gasteiger partial charge >= 0.3 is 0 Å². The molecule has 0 unspecified atom stereocenters. The first kappa shape index (κ1) is 27.4. The van der Waals surface area contributed by atoms with Gasteiger partial charge in [-0.15, -0.1) is 10.2 Å². The summed E-state index contributed by atoms with van der Waals surface area (Å²) in [5.41, 5.74) is 2.15. The van der Waals surface area contributed by atoms with Crippen LogP contribution in [0.25, 0.3) is 5.13 Å². The number of nitrogens with one attached hydrogen (secondary N) is 2. The lowest BCUT2D eigenvalue weighted by Crippen LogP contribution is -2.47. The van der Waals surface area contributed by atoms with Gasteiger partial charge in [0.25, 0.3) is 0 Å². The van der Waals surface area contributed by atoms with Gasteiger partial charge in [-0.3, -0.25) is 14.3 Å². The van der Waals surface area contributed by atoms with Crippen molar-refractivity contribution >= 4 is 28.1 Å². The molecule has 11 heteroatoms. The van der Waals surface area contributed by atoms with E-state index in [1.165, 1.54) is 0 Å². The molecule has 5 rings (SSSR count). The van der Waals surface area contributed by atoms with Crippen LogP contribution in [-0.4, -0.2) is 96.5 Å². The van der Waals surface area contributed by atoms with Crippen LogP contribution >= 0.6 is 11.3 Å². The smallest absolute Gasteiger partial charge is 0.223 e. The highest BCUT2D eigenvalue weighted by molar-refractivity contribution is 7.17. The summed E-state index contributed by atoms with van der Waals surface area (Å²) in [5, 5.41) is 17.4. The summed E-state index contributed by atoms with van der Waals surface area (Å²) in [5.74, 6) is 1.14. The Bertz CT molecular complexity index is 1180. The number of carbonyl (C=O) groups excluding carboxylic acids is 1. The number of likely N-dealkylation sites (N-methyl/N-ethyl adjacent to an activating group) is 1. The number of aromatic nitrogens is 3. The van der Waals surface area contributed by atoms with E-state index in [-0.39, 0.29) is 11.8 Å². The molecule has 2 aliphatic heterocycles. The number of benzene rings is 1. The second-order valence-corrected chi connectivity index (χ2v) is 11.2. The number of hydrogen-bond acceptors (Lipinski definition) is 9. The molecule has 2 aliphatic rings. The zero-order chi connectivity index (χ0) is 27.0. The highest BCUT2D eigenvalue weighted by Gasteiger charge is 2.27. The maximum Gasteiger partial charge on any atom is 0.223 e. The average Bonchev–Trinajstić information content (AvgIpc) is 3.64. The molecule has 0 atom stereocenters. The zero-order valence-electron chi connectivity index (χ0n) is 23.0. The molecule has 39 heavy (non-hydrogen) atoms. The molecule has 10 nitrogen and oxygen atoms in total. The number of amides is 1. The summed E-state index contributed by atoms with van der Waals surface area (Å²) in [6.07, 6.45) is 3.71. The van der Waals surface area contributed by atoms with Crippen molar-refractivity contribution < 1.29 is 9.53 Å². The van der Waals surface area contributed by atoms with Crippen LogP contribution in [0.3, 0.4) is 0 Å². The molecular formula is C28H40N8O2S. The quantitative estimate of drug-likeness (QED) is 0.375. The van der Waals surface area contributed by atoms with Crippen LogP contribution < -0.4 is 20.3 Å². The predicted octanol–water partition coefficient (Wildman–Crippen LogP) is 2.92. The van der Waals surface area contributed by atoms with Crippen LogP contribution in [0.5, 0.6) is 5.75 Å². The molecule has 0 spiro atoms. The normalized spacial score (nSPS) is 17.3. The Labute approximate surface area is 234 Å². The van der Waals surface area contributed by atoms with Crippen molar-refractivity contribution in [3.63, 3.8) is 0 Å². The standard InChI is InChI=1S/C28H40N8O2S/c1-3-38-25-8-6-23(7-9-25)30-21-24-5-4-13-36(24)28-32-31-27(39-28)35-14-10-22(11-15-35)26(37)29-12-16-34-19-17-33(2)18-20-34/h4-9,13,22,30H,3,10-12,14-21H2,1-2H3,(H,29,37). The average molecular weight is 553 g/mol. The second-order valence-electron chi connectivity index (χ2n) is 10.2. The van der Waals surface area contributed by atoms with E-state index in [0.717, 1.165) is 92.6 Å². The fourth-order valence-electron chi connectivity index (χ4n) is 5.09. The van der Waals surface area contributed by atoms with Gasteiger partial charge in [-0.1, -0.05) is 11.3 Å². The third kappa shape index (κ3) is 7.28. The van der Waals surface area contributed by atoms with E-state index in [1.54, 1.807) is 11.3 Å². The van der Waals surface area contributed by atoms with Crippen molar-refractivity contribution in [2.24, 2.45) is 5.92 Å². The topological polar surface area (TPSA) is 90.8 Å². The van der Waals surface area contributed by atoms with Gasteiger partial charge in [-0.25, -0.2) is 0 Å². The number of rotatable bonds is 11. The van der Waals surface area contributed by atoms with Gasteiger partial charge in [0.05, 0.1) is 13.2 Å². The van der Waals surface area contributed by atoms with E-state index in [9.17, 15) is 4.79 Å². The first-order valence-corrected chi connectivity index (χ1v) is 14.8. The minimum Gasteiger partial charge on any atom is -0.494 e. The Morgan fingerprint density at radius 1 is 1.03 bits per heavy atom. The largest absolute Gasteiger partial charge is 0.494 e. The van der Waals surface area contributed by atoms with Gasteiger partial charge in [0.2, 0.25) is 16.2 Å². The van der Waals surface area contributed by atoms with E-state index >= 15 is 0 Å². The summed E-state index contributed by atoms with van der Waals surface area (Å²) in [4.78, 5) is 19.8. The van der Waals surface area contributed by atoms with E-state index in [0.29, 0.717) is 13.2 Å². The molecule has 0 aliphatic carbocycles. The van der Waals surface area contributed by atoms with Crippen molar-refractivity contribution in [3.05, 3.63) is 48.3 Å². The van der Waals surface area contributed by atoms with Gasteiger partial charge < -0.3 is 25.2 Å². The van der Waals surface area contributed by atoms with Crippen LogP contribution in [0.1, 0.15) is 25.5 Å². The molecule has 0 saturated carbocycles. The maximum absolute atomic E-state index is 12.7. The van der Waals surface area contributed by atoms with Crippen molar-refractivity contribution in [2.45, 2.75) is 26.3 Å². The SMILES string of the molecule is CCOc1ccc(NCc2cccn2-c2nnc(N3CCC(C(=O)NCCN4CCN(C)CC4)CC3)s2)cc1. The van der Waals surface area contributed by atoms with Crippen LogP contribution in [0, 0.1) is 5.92 Å². The molecule has 1 amide bonds. The molecule has 1 aromatic carbocycles. The minimum absolute atomic E-state index is 0.0749. The first-order valence-electron chi connectivity index (χ1n) is 14.0. The van der Waals surface area contributed by atoms with Gasteiger partial charge in [0.1, 0.15) is 5.75 Å². The molecule has 3 aromatic rings. The van der Waals surface area contributed by atoms with Crippen molar-refractivity contribution in [2.75, 3.05) is 76.2 Å². The van der Waals surface area contributed by atoms with Crippen LogP contribution in [0.4, 0.5) is 10.8 Å². The lowest BCUT2D eigenvalue weighted by Gasteiger charge is -2.33. The van der Waals surface area contributed by atoms with Crippen molar-refractivity contribution in [3.8, 4) is 10.9 Å². The zero-order valence-corrected chi connectivity index (χ0v) is 23.8. The molecule has 2 fully saturated rings. The molecule has 4 heterocycles. The van der Waals surface area contributed by atoms with Gasteiger partial charge in [-0.05, 0) is 63.2 Å². The summed E-state index contributed by atoms with van der Waals surface area (Å²) < 4.78 is 7.61. The molecule has 2 aromatic heterocycles. The molecule has 2 saturated heterocycles. The number of carbonyl (C=O) groups is 1. The monoisotopic (exact) mass is 552 g/mol. The van der Waals surface area contributed by atoms with Crippen LogP contribution in [-0.2, 0) is 11.3 Å². The lowest BCUT2D eigenvalue weighted by atomic mass is 9.96. The summed E-state index contributed by atoms with van der Waals surface area (Å²) in [6, 6.07) is 12.1. The number of piperazine rings is 1. The number of anilines is 2. The third-order valence-electron chi connectivity index (χ3n) is 7.54. The molecule has 210 valence electrons. The number of hydrogen-bond donors (Lipinski definition) is 2. The Morgan fingerprint density at radius 2 is 1.77 bits per heavy atom. The number of piperidine rings is 1. The number of ether oxygens (including phenoxy) is 1. The third-order valence-corrected chi connectivity index (χ3v) is 8.52. The van der Waals surface area contributed by atoms with E-state index in [1.807, 2.05) is 43.5 Å². The summed E-state index contributed by atoms with van der Waals surface area (Å²) in [6.45, 7) is 11.0. The highest BCUT2D eigenvalue weighted by atomic mass is 32.1. The Kier molecular flexibility index (Phi) is 9.33. The first-order chi connectivity index (χ1) is 19.1. The highest BCUT2D eigenvalue weighted by Crippen LogP contribution is 2.29. The fourth-order valence-corrected chi connectivity index (χ4v) is 6.01. The summed E-state index contributed by atoms with van der Waals surface area (Å²) in [7, 11) is 2.16.